The summed E-state index contributed by atoms with van der Waals surface area (Å²) in [4.78, 5) is 4.41. The first-order chi connectivity index (χ1) is 9.90. The normalized spacial score (nSPS) is 30.8. The highest BCUT2D eigenvalue weighted by Crippen LogP contribution is 2.51. The zero-order valence-electron chi connectivity index (χ0n) is 12.7. The van der Waals surface area contributed by atoms with Gasteiger partial charge in [-0.2, -0.15) is 0 Å². The molecule has 0 saturated carbocycles. The number of nitrogens with one attached hydrogen (secondary N) is 1. The summed E-state index contributed by atoms with van der Waals surface area (Å²) in [7, 11) is 0. The number of hydrogen-bond donors (Lipinski definition) is 1. The first kappa shape index (κ1) is 15.5. The van der Waals surface area contributed by atoms with Crippen LogP contribution in [0.1, 0.15) is 39.0 Å². The van der Waals surface area contributed by atoms with Crippen LogP contribution in [-0.2, 0) is 0 Å². The summed E-state index contributed by atoms with van der Waals surface area (Å²) in [6, 6.07) is 0.694. The van der Waals surface area contributed by atoms with E-state index in [4.69, 9.17) is 0 Å². The highest BCUT2D eigenvalue weighted by Gasteiger charge is 2.41. The minimum Gasteiger partial charge on any atom is -0.360 e. The first-order valence-electron chi connectivity index (χ1n) is 8.15. The topological polar surface area (TPSA) is 15.3 Å². The van der Waals surface area contributed by atoms with Gasteiger partial charge in [-0.05, 0) is 54.7 Å². The molecule has 21 heavy (non-hydrogen) atoms. The second-order valence-corrected chi connectivity index (χ2v) is 7.31. The van der Waals surface area contributed by atoms with E-state index in [2.05, 4.69) is 28.6 Å². The van der Waals surface area contributed by atoms with Crippen LogP contribution in [0, 0.1) is 5.92 Å². The lowest BCUT2D eigenvalue weighted by Crippen LogP contribution is -2.40. The van der Waals surface area contributed by atoms with E-state index < -0.39 is 0 Å². The van der Waals surface area contributed by atoms with Crippen molar-refractivity contribution in [3.05, 3.63) is 33.2 Å². The smallest absolute Gasteiger partial charge is 0.0537 e. The van der Waals surface area contributed by atoms with Gasteiger partial charge in [-0.1, -0.05) is 19.4 Å². The summed E-state index contributed by atoms with van der Waals surface area (Å²) >= 11 is 2.01. The summed E-state index contributed by atoms with van der Waals surface area (Å²) in [5, 5.41) is 5.93. The van der Waals surface area contributed by atoms with Gasteiger partial charge < -0.3 is 10.2 Å². The van der Waals surface area contributed by atoms with Crippen LogP contribution in [0.15, 0.2) is 33.2 Å². The van der Waals surface area contributed by atoms with Crippen molar-refractivity contribution >= 4 is 24.2 Å². The predicted octanol–water partition coefficient (Wildman–Crippen LogP) is 4.06. The van der Waals surface area contributed by atoms with Crippen molar-refractivity contribution in [1.82, 2.24) is 10.2 Å². The molecule has 4 heteroatoms. The Balaban J connectivity index is 0.00000132. The molecule has 0 bridgehead atoms. The Bertz CT molecular complexity index is 509. The Labute approximate surface area is 138 Å². The third-order valence-electron chi connectivity index (χ3n) is 5.23. The molecule has 3 aliphatic heterocycles. The Morgan fingerprint density at radius 2 is 2.29 bits per heavy atom. The van der Waals surface area contributed by atoms with Crippen molar-refractivity contribution in [2.75, 3.05) is 19.6 Å². The van der Waals surface area contributed by atoms with Gasteiger partial charge in [0.2, 0.25) is 0 Å². The van der Waals surface area contributed by atoms with E-state index in [1.807, 2.05) is 11.8 Å². The molecule has 2 atom stereocenters. The van der Waals surface area contributed by atoms with E-state index in [0.717, 1.165) is 19.0 Å². The van der Waals surface area contributed by atoms with Gasteiger partial charge in [-0.25, -0.2) is 0 Å². The third kappa shape index (κ3) is 2.47. The van der Waals surface area contributed by atoms with Gasteiger partial charge in [-0.15, -0.1) is 24.2 Å². The van der Waals surface area contributed by atoms with Crippen molar-refractivity contribution in [2.45, 2.75) is 45.1 Å². The summed E-state index contributed by atoms with van der Waals surface area (Å²) in [5.41, 5.74) is 5.07. The van der Waals surface area contributed by atoms with Crippen LogP contribution in [0.2, 0.25) is 0 Å². The molecule has 1 fully saturated rings. The van der Waals surface area contributed by atoms with E-state index in [9.17, 15) is 0 Å². The molecule has 1 N–H and O–H groups in total. The lowest BCUT2D eigenvalue weighted by Gasteiger charge is -2.34. The predicted molar refractivity (Wildman–Crippen MR) is 93.6 cm³/mol. The number of halogens is 1. The summed E-state index contributed by atoms with van der Waals surface area (Å²) in [6.45, 7) is 5.74. The number of fused-ring (bicyclic) bond motifs is 2. The van der Waals surface area contributed by atoms with Gasteiger partial charge >= 0.3 is 0 Å². The molecular formula is C17H25ClN2S. The minimum atomic E-state index is 0. The fourth-order valence-electron chi connectivity index (χ4n) is 4.37. The molecule has 116 valence electrons. The lowest BCUT2D eigenvalue weighted by molar-refractivity contribution is 0.296. The average Bonchev–Trinajstić information content (AvgIpc) is 2.65. The first-order valence-corrected chi connectivity index (χ1v) is 9.03. The van der Waals surface area contributed by atoms with E-state index in [1.165, 1.54) is 38.6 Å². The zero-order valence-corrected chi connectivity index (χ0v) is 14.4. The number of nitrogens with zero attached hydrogens (tertiary/aromatic N) is 1. The molecule has 4 aliphatic rings. The summed E-state index contributed by atoms with van der Waals surface area (Å²) in [6.07, 6.45) is 9.00. The van der Waals surface area contributed by atoms with Crippen LogP contribution in [0.25, 0.3) is 0 Å². The molecule has 1 saturated heterocycles. The second kappa shape index (κ2) is 6.39. The van der Waals surface area contributed by atoms with Crippen molar-refractivity contribution in [3.8, 4) is 0 Å². The largest absolute Gasteiger partial charge is 0.360 e. The van der Waals surface area contributed by atoms with Crippen LogP contribution in [0.3, 0.4) is 0 Å². The highest BCUT2D eigenvalue weighted by molar-refractivity contribution is 8.05. The number of piperidine rings is 1. The summed E-state index contributed by atoms with van der Waals surface area (Å²) < 4.78 is 0. The van der Waals surface area contributed by atoms with Gasteiger partial charge in [0, 0.05) is 18.0 Å². The van der Waals surface area contributed by atoms with Crippen molar-refractivity contribution < 1.29 is 0 Å². The van der Waals surface area contributed by atoms with Crippen LogP contribution < -0.4 is 5.32 Å². The van der Waals surface area contributed by atoms with Crippen molar-refractivity contribution in [2.24, 2.45) is 5.92 Å². The van der Waals surface area contributed by atoms with Gasteiger partial charge in [0.05, 0.1) is 11.7 Å². The van der Waals surface area contributed by atoms with E-state index >= 15 is 0 Å². The third-order valence-corrected chi connectivity index (χ3v) is 6.34. The van der Waals surface area contributed by atoms with Crippen molar-refractivity contribution in [3.63, 3.8) is 0 Å². The Morgan fingerprint density at radius 1 is 1.38 bits per heavy atom. The van der Waals surface area contributed by atoms with Crippen LogP contribution in [0.4, 0.5) is 0 Å². The number of thioether (sulfide) groups is 1. The van der Waals surface area contributed by atoms with Gasteiger partial charge in [-0.3, -0.25) is 0 Å². The Kier molecular flexibility index (Phi) is 4.72. The van der Waals surface area contributed by atoms with Crippen LogP contribution in [-0.4, -0.2) is 30.6 Å². The Hall–Kier alpha value is -0.380. The number of rotatable bonds is 2. The summed E-state index contributed by atoms with van der Waals surface area (Å²) in [5.74, 6) is 0.808. The zero-order chi connectivity index (χ0) is 13.5. The Morgan fingerprint density at radius 3 is 3.14 bits per heavy atom. The average molecular weight is 325 g/mol. The molecule has 0 amide bonds. The molecule has 0 spiro atoms. The molecule has 0 aromatic carbocycles. The molecule has 0 aromatic rings. The van der Waals surface area contributed by atoms with E-state index in [-0.39, 0.29) is 12.4 Å². The van der Waals surface area contributed by atoms with Gasteiger partial charge in [0.15, 0.2) is 0 Å². The molecule has 0 aromatic heterocycles. The van der Waals surface area contributed by atoms with E-state index in [1.54, 1.807) is 21.7 Å². The van der Waals surface area contributed by atoms with Crippen molar-refractivity contribution in [1.29, 1.82) is 0 Å². The van der Waals surface area contributed by atoms with Crippen LogP contribution >= 0.6 is 24.2 Å². The monoisotopic (exact) mass is 324 g/mol. The fraction of sp³-hybridized carbons (Fsp3) is 0.647. The maximum Gasteiger partial charge on any atom is 0.0537 e. The number of allylic oxidation sites excluding steroid dienone is 2. The maximum atomic E-state index is 3.59. The second-order valence-electron chi connectivity index (χ2n) is 6.36. The highest BCUT2D eigenvalue weighted by atomic mass is 35.5. The van der Waals surface area contributed by atoms with Gasteiger partial charge in [0.1, 0.15) is 0 Å². The molecule has 4 rings (SSSR count). The standard InChI is InChI=1S/C17H24N2S.ClH/c1-2-4-12-5-6-13-14-11-18-8-7-15(14)19-9-3-10-20-17(12)16(13)19;/h3,10,12,15,18H,2,4-9,11H2,1H3;1H. The fourth-order valence-corrected chi connectivity index (χ4v) is 5.48. The lowest BCUT2D eigenvalue weighted by atomic mass is 9.85. The molecule has 2 unspecified atom stereocenters. The van der Waals surface area contributed by atoms with E-state index in [0.29, 0.717) is 6.04 Å². The number of hydrogen-bond acceptors (Lipinski definition) is 3. The maximum absolute atomic E-state index is 3.59. The molecule has 2 nitrogen and oxygen atoms in total. The van der Waals surface area contributed by atoms with Gasteiger partial charge in [0.25, 0.3) is 0 Å². The molecular weight excluding hydrogens is 300 g/mol. The minimum absolute atomic E-state index is 0. The molecule has 0 radical (unpaired) electrons. The molecule has 3 heterocycles. The molecule has 1 aliphatic carbocycles. The quantitative estimate of drug-likeness (QED) is 0.824. The SMILES string of the molecule is CCCC1CCC2=C3CNCCC3N3CC=CSC1=C23.Cl. The van der Waals surface area contributed by atoms with Crippen LogP contribution in [0.5, 0.6) is 0 Å².